The molecular weight excluding hydrogens is 396 g/mol. The van der Waals surface area contributed by atoms with Crippen LogP contribution in [0.1, 0.15) is 68.2 Å². The van der Waals surface area contributed by atoms with Crippen molar-refractivity contribution in [3.63, 3.8) is 0 Å². The van der Waals surface area contributed by atoms with Crippen molar-refractivity contribution in [1.82, 2.24) is 0 Å². The van der Waals surface area contributed by atoms with E-state index in [1.165, 1.54) is 0 Å². The summed E-state index contributed by atoms with van der Waals surface area (Å²) in [4.78, 5) is 20.4. The fraction of sp³-hybridized carbons (Fsp3) is 0.440. The Labute approximate surface area is 185 Å². The van der Waals surface area contributed by atoms with Crippen molar-refractivity contribution in [1.29, 1.82) is 0 Å². The van der Waals surface area contributed by atoms with Crippen LogP contribution in [0.4, 0.5) is 0 Å². The summed E-state index contributed by atoms with van der Waals surface area (Å²) < 4.78 is 0. The number of benzene rings is 2. The van der Waals surface area contributed by atoms with Gasteiger partial charge < -0.3 is 20.4 Å². The summed E-state index contributed by atoms with van der Waals surface area (Å²) in [6, 6.07) is 16.6. The molecule has 0 bridgehead atoms. The van der Waals surface area contributed by atoms with Crippen LogP contribution in [0.3, 0.4) is 0 Å². The van der Waals surface area contributed by atoms with Crippen LogP contribution in [0.2, 0.25) is 0 Å². The number of hydrogen-bond donors (Lipinski definition) is 4. The van der Waals surface area contributed by atoms with E-state index in [1.807, 2.05) is 27.7 Å². The van der Waals surface area contributed by atoms with Gasteiger partial charge in [0.25, 0.3) is 0 Å². The first-order valence-electron chi connectivity index (χ1n) is 10.2. The average molecular weight is 433 g/mol. The quantitative estimate of drug-likeness (QED) is 0.491. The fourth-order valence-electron chi connectivity index (χ4n) is 3.09. The molecule has 6 heteroatoms. The summed E-state index contributed by atoms with van der Waals surface area (Å²) in [6.45, 7) is 10.1. The molecule has 0 aromatic heterocycles. The summed E-state index contributed by atoms with van der Waals surface area (Å²) in [5.74, 6) is -1.31. The van der Waals surface area contributed by atoms with Gasteiger partial charge in [-0.05, 0) is 62.3 Å². The van der Waals surface area contributed by atoms with Gasteiger partial charge in [-0.2, -0.15) is 0 Å². The van der Waals surface area contributed by atoms with Gasteiger partial charge >= 0.3 is 11.9 Å². The zero-order valence-corrected chi connectivity index (χ0v) is 19.1. The minimum absolute atomic E-state index is 0.0231. The lowest BCUT2D eigenvalue weighted by molar-refractivity contribution is 0.0411. The van der Waals surface area contributed by atoms with E-state index in [0.29, 0.717) is 17.0 Å². The maximum atomic E-state index is 10.2. The monoisotopic (exact) mass is 432 g/mol. The third-order valence-corrected chi connectivity index (χ3v) is 4.22. The second-order valence-corrected chi connectivity index (χ2v) is 8.99. The Morgan fingerprint density at radius 2 is 1.13 bits per heavy atom. The SMILES string of the molecule is CC(CC(C)(C)O)CC(C)(C)CO.O=C(O)c1ccccc1.O=C(O)c1ccccc1. The van der Waals surface area contributed by atoms with Gasteiger partial charge in [0.15, 0.2) is 0 Å². The first-order valence-corrected chi connectivity index (χ1v) is 10.2. The molecule has 4 N–H and O–H groups in total. The Kier molecular flexibility index (Phi) is 12.4. The van der Waals surface area contributed by atoms with Crippen LogP contribution in [0.25, 0.3) is 0 Å². The summed E-state index contributed by atoms with van der Waals surface area (Å²) in [5, 5.41) is 35.4. The second kappa shape index (κ2) is 13.6. The lowest BCUT2D eigenvalue weighted by atomic mass is 9.80. The van der Waals surface area contributed by atoms with Gasteiger partial charge in [0.1, 0.15) is 0 Å². The van der Waals surface area contributed by atoms with Gasteiger partial charge in [-0.3, -0.25) is 0 Å². The summed E-state index contributed by atoms with van der Waals surface area (Å²) in [6.07, 6.45) is 1.74. The van der Waals surface area contributed by atoms with Crippen molar-refractivity contribution >= 4 is 11.9 Å². The average Bonchev–Trinajstić information content (AvgIpc) is 2.68. The predicted octanol–water partition coefficient (Wildman–Crippen LogP) is 4.96. The molecule has 172 valence electrons. The van der Waals surface area contributed by atoms with Crippen LogP contribution < -0.4 is 0 Å². The van der Waals surface area contributed by atoms with E-state index in [2.05, 4.69) is 6.92 Å². The van der Waals surface area contributed by atoms with Gasteiger partial charge in [-0.25, -0.2) is 9.59 Å². The zero-order chi connectivity index (χ0) is 24.1. The van der Waals surface area contributed by atoms with Gasteiger partial charge in [0, 0.05) is 6.61 Å². The molecule has 0 spiro atoms. The molecule has 0 fully saturated rings. The van der Waals surface area contributed by atoms with E-state index >= 15 is 0 Å². The highest BCUT2D eigenvalue weighted by Crippen LogP contribution is 2.29. The number of aromatic carboxylic acids is 2. The molecule has 0 radical (unpaired) electrons. The van der Waals surface area contributed by atoms with Crippen LogP contribution in [-0.2, 0) is 0 Å². The van der Waals surface area contributed by atoms with Crippen molar-refractivity contribution in [3.05, 3.63) is 71.8 Å². The molecule has 1 atom stereocenters. The minimum Gasteiger partial charge on any atom is -0.478 e. The van der Waals surface area contributed by atoms with Gasteiger partial charge in [-0.15, -0.1) is 0 Å². The van der Waals surface area contributed by atoms with Crippen LogP contribution in [0.5, 0.6) is 0 Å². The van der Waals surface area contributed by atoms with Gasteiger partial charge in [0.2, 0.25) is 0 Å². The second-order valence-electron chi connectivity index (χ2n) is 8.99. The molecule has 31 heavy (non-hydrogen) atoms. The topological polar surface area (TPSA) is 115 Å². The molecule has 2 aromatic rings. The van der Waals surface area contributed by atoms with E-state index in [1.54, 1.807) is 60.7 Å². The molecule has 0 aliphatic heterocycles. The molecular formula is C25H36O6. The number of hydrogen-bond acceptors (Lipinski definition) is 4. The smallest absolute Gasteiger partial charge is 0.335 e. The lowest BCUT2D eigenvalue weighted by Gasteiger charge is -2.29. The Balaban J connectivity index is 0.000000445. The van der Waals surface area contributed by atoms with E-state index < -0.39 is 17.5 Å². The molecule has 0 aliphatic carbocycles. The maximum absolute atomic E-state index is 10.2. The normalized spacial score (nSPS) is 11.8. The third kappa shape index (κ3) is 14.9. The van der Waals surface area contributed by atoms with E-state index in [0.717, 1.165) is 12.8 Å². The summed E-state index contributed by atoms with van der Waals surface area (Å²) in [5.41, 5.74) is 0.0466. The largest absolute Gasteiger partial charge is 0.478 e. The van der Waals surface area contributed by atoms with E-state index in [9.17, 15) is 14.7 Å². The molecule has 6 nitrogen and oxygen atoms in total. The number of carboxylic acids is 2. The maximum Gasteiger partial charge on any atom is 0.335 e. The number of aliphatic hydroxyl groups is 2. The Bertz CT molecular complexity index is 714. The fourth-order valence-corrected chi connectivity index (χ4v) is 3.09. The van der Waals surface area contributed by atoms with E-state index in [4.69, 9.17) is 15.3 Å². The van der Waals surface area contributed by atoms with Gasteiger partial charge in [-0.1, -0.05) is 57.2 Å². The third-order valence-electron chi connectivity index (χ3n) is 4.22. The Morgan fingerprint density at radius 1 is 0.774 bits per heavy atom. The Morgan fingerprint density at radius 3 is 1.35 bits per heavy atom. The molecule has 0 saturated heterocycles. The van der Waals surface area contributed by atoms with E-state index in [-0.39, 0.29) is 12.0 Å². The van der Waals surface area contributed by atoms with Crippen LogP contribution in [-0.4, -0.2) is 44.6 Å². The molecule has 2 rings (SSSR count). The first-order chi connectivity index (χ1) is 14.3. The van der Waals surface area contributed by atoms with Crippen molar-refractivity contribution < 1.29 is 30.0 Å². The molecule has 0 saturated carbocycles. The number of rotatable bonds is 7. The first kappa shape index (κ1) is 28.3. The predicted molar refractivity (Wildman–Crippen MR) is 122 cm³/mol. The molecule has 2 aromatic carbocycles. The van der Waals surface area contributed by atoms with Gasteiger partial charge in [0.05, 0.1) is 16.7 Å². The van der Waals surface area contributed by atoms with Crippen molar-refractivity contribution in [3.8, 4) is 0 Å². The van der Waals surface area contributed by atoms with Crippen LogP contribution in [0, 0.1) is 11.3 Å². The highest BCUT2D eigenvalue weighted by atomic mass is 16.4. The van der Waals surface area contributed by atoms with Crippen LogP contribution >= 0.6 is 0 Å². The molecule has 0 aliphatic rings. The zero-order valence-electron chi connectivity index (χ0n) is 19.1. The Hall–Kier alpha value is -2.70. The molecule has 1 unspecified atom stereocenters. The van der Waals surface area contributed by atoms with Crippen molar-refractivity contribution in [2.45, 2.75) is 53.1 Å². The standard InChI is InChI=1S/C11H24O2.2C7H6O2/c1-9(7-11(4,5)13)6-10(2,3)8-12;2*8-7(9)6-4-2-1-3-5-6/h9,12-13H,6-8H2,1-5H3;2*1-5H,(H,8,9). The van der Waals surface area contributed by atoms with Crippen molar-refractivity contribution in [2.75, 3.05) is 6.61 Å². The summed E-state index contributed by atoms with van der Waals surface area (Å²) in [7, 11) is 0. The van der Waals surface area contributed by atoms with Crippen molar-refractivity contribution in [2.24, 2.45) is 11.3 Å². The number of carbonyl (C=O) groups is 2. The molecule has 0 amide bonds. The minimum atomic E-state index is -0.879. The number of aliphatic hydroxyl groups excluding tert-OH is 1. The highest BCUT2D eigenvalue weighted by Gasteiger charge is 2.24. The van der Waals surface area contributed by atoms with Crippen LogP contribution in [0.15, 0.2) is 60.7 Å². The summed E-state index contributed by atoms with van der Waals surface area (Å²) >= 11 is 0. The molecule has 0 heterocycles. The lowest BCUT2D eigenvalue weighted by Crippen LogP contribution is -2.26. The highest BCUT2D eigenvalue weighted by molar-refractivity contribution is 5.87. The number of carboxylic acid groups (broad SMARTS) is 2.